The third-order valence-corrected chi connectivity index (χ3v) is 2.25. The fourth-order valence-electron chi connectivity index (χ4n) is 1.18. The average Bonchev–Trinajstić information content (AvgIpc) is 2.35. The number of pyridine rings is 1. The van der Waals surface area contributed by atoms with Crippen LogP contribution in [0.1, 0.15) is 18.9 Å². The van der Waals surface area contributed by atoms with Crippen LogP contribution in [0.3, 0.4) is 0 Å². The van der Waals surface area contributed by atoms with E-state index in [9.17, 15) is 4.79 Å². The van der Waals surface area contributed by atoms with Crippen LogP contribution in [0.2, 0.25) is 0 Å². The number of nitrogens with zero attached hydrogens (tertiary/aromatic N) is 1. The summed E-state index contributed by atoms with van der Waals surface area (Å²) in [5.41, 5.74) is 6.52. The molecule has 1 aromatic heterocycles. The van der Waals surface area contributed by atoms with Crippen molar-refractivity contribution in [2.75, 3.05) is 7.11 Å². The van der Waals surface area contributed by atoms with Gasteiger partial charge in [0.25, 0.3) is 0 Å². The summed E-state index contributed by atoms with van der Waals surface area (Å²) in [4.78, 5) is 15.4. The number of methoxy groups -OCH3 is 1. The van der Waals surface area contributed by atoms with Crippen LogP contribution in [0.5, 0.6) is 5.88 Å². The smallest absolute Gasteiger partial charge is 0.237 e. The maximum Gasteiger partial charge on any atom is 0.237 e. The van der Waals surface area contributed by atoms with Crippen LogP contribution in [-0.2, 0) is 11.3 Å². The van der Waals surface area contributed by atoms with E-state index in [1.165, 1.54) is 0 Å². The Morgan fingerprint density at radius 2 is 2.44 bits per heavy atom. The van der Waals surface area contributed by atoms with Gasteiger partial charge in [-0.2, -0.15) is 0 Å². The van der Waals surface area contributed by atoms with Gasteiger partial charge in [0, 0.05) is 18.8 Å². The highest BCUT2D eigenvalue weighted by Crippen LogP contribution is 2.07. The molecule has 5 heteroatoms. The molecular weight excluding hydrogens is 206 g/mol. The van der Waals surface area contributed by atoms with Gasteiger partial charge in [-0.3, -0.25) is 4.79 Å². The number of aromatic nitrogens is 1. The molecule has 16 heavy (non-hydrogen) atoms. The number of amides is 1. The third-order valence-electron chi connectivity index (χ3n) is 2.25. The van der Waals surface area contributed by atoms with Gasteiger partial charge < -0.3 is 15.8 Å². The van der Waals surface area contributed by atoms with Crippen molar-refractivity contribution >= 4 is 5.91 Å². The fraction of sp³-hybridized carbons (Fsp3) is 0.455. The molecule has 0 spiro atoms. The quantitative estimate of drug-likeness (QED) is 0.759. The van der Waals surface area contributed by atoms with E-state index in [-0.39, 0.29) is 5.91 Å². The standard InChI is InChI=1S/C11H17N3O2/c1-3-9(12)11(15)14-7-8-4-5-13-10(6-8)16-2/h4-6,9H,3,7,12H2,1-2H3,(H,14,15)/t9-/m0/s1. The molecule has 5 nitrogen and oxygen atoms in total. The summed E-state index contributed by atoms with van der Waals surface area (Å²) < 4.78 is 4.98. The first-order valence-corrected chi connectivity index (χ1v) is 5.19. The van der Waals surface area contributed by atoms with E-state index in [4.69, 9.17) is 10.5 Å². The summed E-state index contributed by atoms with van der Waals surface area (Å²) in [7, 11) is 1.55. The van der Waals surface area contributed by atoms with Crippen LogP contribution in [0.15, 0.2) is 18.3 Å². The van der Waals surface area contributed by atoms with E-state index in [1.54, 1.807) is 19.4 Å². The summed E-state index contributed by atoms with van der Waals surface area (Å²) >= 11 is 0. The van der Waals surface area contributed by atoms with Crippen molar-refractivity contribution < 1.29 is 9.53 Å². The summed E-state index contributed by atoms with van der Waals surface area (Å²) in [6.07, 6.45) is 2.27. The van der Waals surface area contributed by atoms with Crippen LogP contribution in [-0.4, -0.2) is 24.0 Å². The predicted molar refractivity (Wildman–Crippen MR) is 60.9 cm³/mol. The Balaban J connectivity index is 2.51. The number of hydrogen-bond acceptors (Lipinski definition) is 4. The Morgan fingerprint density at radius 3 is 3.06 bits per heavy atom. The van der Waals surface area contributed by atoms with Crippen molar-refractivity contribution in [3.05, 3.63) is 23.9 Å². The molecule has 1 atom stereocenters. The fourth-order valence-corrected chi connectivity index (χ4v) is 1.18. The monoisotopic (exact) mass is 223 g/mol. The van der Waals surface area contributed by atoms with Gasteiger partial charge in [0.1, 0.15) is 0 Å². The number of rotatable bonds is 5. The lowest BCUT2D eigenvalue weighted by Crippen LogP contribution is -2.39. The summed E-state index contributed by atoms with van der Waals surface area (Å²) in [6, 6.07) is 3.15. The zero-order valence-electron chi connectivity index (χ0n) is 9.56. The molecule has 0 bridgehead atoms. The zero-order chi connectivity index (χ0) is 12.0. The van der Waals surface area contributed by atoms with Crippen LogP contribution >= 0.6 is 0 Å². The normalized spacial score (nSPS) is 11.9. The molecule has 1 amide bonds. The minimum Gasteiger partial charge on any atom is -0.481 e. The zero-order valence-corrected chi connectivity index (χ0v) is 9.56. The number of nitrogens with two attached hydrogens (primary N) is 1. The molecule has 1 rings (SSSR count). The number of nitrogens with one attached hydrogen (secondary N) is 1. The Morgan fingerprint density at radius 1 is 1.69 bits per heavy atom. The van der Waals surface area contributed by atoms with Gasteiger partial charge in [0.15, 0.2) is 0 Å². The third kappa shape index (κ3) is 3.51. The van der Waals surface area contributed by atoms with E-state index in [1.807, 2.05) is 13.0 Å². The molecule has 0 aliphatic carbocycles. The Labute approximate surface area is 95.0 Å². The van der Waals surface area contributed by atoms with Gasteiger partial charge in [-0.15, -0.1) is 0 Å². The van der Waals surface area contributed by atoms with Gasteiger partial charge in [-0.25, -0.2) is 4.98 Å². The molecule has 1 heterocycles. The second-order valence-corrected chi connectivity index (χ2v) is 3.44. The van der Waals surface area contributed by atoms with Crippen molar-refractivity contribution in [1.29, 1.82) is 0 Å². The topological polar surface area (TPSA) is 77.2 Å². The first-order valence-electron chi connectivity index (χ1n) is 5.19. The first kappa shape index (κ1) is 12.4. The summed E-state index contributed by atoms with van der Waals surface area (Å²) in [5, 5.41) is 2.75. The SMILES string of the molecule is CC[C@H](N)C(=O)NCc1ccnc(OC)c1. The van der Waals surface area contributed by atoms with Gasteiger partial charge in [-0.1, -0.05) is 6.92 Å². The summed E-state index contributed by atoms with van der Waals surface area (Å²) in [5.74, 6) is 0.393. The number of carbonyl (C=O) groups excluding carboxylic acids is 1. The van der Waals surface area contributed by atoms with Gasteiger partial charge in [0.05, 0.1) is 13.2 Å². The maximum absolute atomic E-state index is 11.4. The Hall–Kier alpha value is -1.62. The second kappa shape index (κ2) is 6.07. The molecule has 0 unspecified atom stereocenters. The molecule has 1 aromatic rings. The minimum atomic E-state index is -0.441. The van der Waals surface area contributed by atoms with Crippen LogP contribution < -0.4 is 15.8 Å². The predicted octanol–water partition coefficient (Wildman–Crippen LogP) is 0.444. The molecule has 0 aliphatic rings. The van der Waals surface area contributed by atoms with Crippen molar-refractivity contribution in [2.45, 2.75) is 25.9 Å². The van der Waals surface area contributed by atoms with Gasteiger partial charge >= 0.3 is 0 Å². The lowest BCUT2D eigenvalue weighted by atomic mass is 10.2. The van der Waals surface area contributed by atoms with Crippen molar-refractivity contribution in [1.82, 2.24) is 10.3 Å². The van der Waals surface area contributed by atoms with Gasteiger partial charge in [-0.05, 0) is 18.1 Å². The molecule has 0 aromatic carbocycles. The highest BCUT2D eigenvalue weighted by atomic mass is 16.5. The van der Waals surface area contributed by atoms with Gasteiger partial charge in [0.2, 0.25) is 11.8 Å². The van der Waals surface area contributed by atoms with E-state index in [0.29, 0.717) is 18.8 Å². The molecule has 0 fully saturated rings. The molecule has 0 saturated heterocycles. The number of carbonyl (C=O) groups is 1. The van der Waals surface area contributed by atoms with E-state index in [2.05, 4.69) is 10.3 Å². The first-order chi connectivity index (χ1) is 7.67. The molecular formula is C11H17N3O2. The Kier molecular flexibility index (Phi) is 4.72. The van der Waals surface area contributed by atoms with Crippen molar-refractivity contribution in [3.8, 4) is 5.88 Å². The lowest BCUT2D eigenvalue weighted by molar-refractivity contribution is -0.122. The Bertz CT molecular complexity index is 355. The molecule has 88 valence electrons. The molecule has 0 aliphatic heterocycles. The highest BCUT2D eigenvalue weighted by molar-refractivity contribution is 5.81. The van der Waals surface area contributed by atoms with E-state index >= 15 is 0 Å². The average molecular weight is 223 g/mol. The lowest BCUT2D eigenvalue weighted by Gasteiger charge is -2.10. The van der Waals surface area contributed by atoms with Crippen molar-refractivity contribution in [2.24, 2.45) is 5.73 Å². The number of ether oxygens (including phenoxy) is 1. The minimum absolute atomic E-state index is 0.140. The number of hydrogen-bond donors (Lipinski definition) is 2. The van der Waals surface area contributed by atoms with Crippen molar-refractivity contribution in [3.63, 3.8) is 0 Å². The molecule has 3 N–H and O–H groups in total. The second-order valence-electron chi connectivity index (χ2n) is 3.44. The van der Waals surface area contributed by atoms with Crippen LogP contribution in [0.25, 0.3) is 0 Å². The van der Waals surface area contributed by atoms with E-state index in [0.717, 1.165) is 5.56 Å². The highest BCUT2D eigenvalue weighted by Gasteiger charge is 2.09. The maximum atomic E-state index is 11.4. The van der Waals surface area contributed by atoms with Crippen LogP contribution in [0, 0.1) is 0 Å². The molecule has 0 radical (unpaired) electrons. The largest absolute Gasteiger partial charge is 0.481 e. The molecule has 0 saturated carbocycles. The summed E-state index contributed by atoms with van der Waals surface area (Å²) in [6.45, 7) is 2.31. The van der Waals surface area contributed by atoms with E-state index < -0.39 is 6.04 Å². The van der Waals surface area contributed by atoms with Crippen LogP contribution in [0.4, 0.5) is 0 Å².